The number of anilines is 2. The van der Waals surface area contributed by atoms with Crippen molar-refractivity contribution in [2.24, 2.45) is 0 Å². The Kier molecular flexibility index (Phi) is 5.14. The topological polar surface area (TPSA) is 116 Å². The van der Waals surface area contributed by atoms with Crippen molar-refractivity contribution in [3.8, 4) is 22.5 Å². The van der Waals surface area contributed by atoms with Crippen LogP contribution in [0.5, 0.6) is 0 Å². The van der Waals surface area contributed by atoms with Crippen LogP contribution in [0, 0.1) is 6.92 Å². The molecule has 1 atom stereocenters. The average molecular weight is 407 g/mol. The van der Waals surface area contributed by atoms with E-state index in [2.05, 4.69) is 10.5 Å². The van der Waals surface area contributed by atoms with Crippen LogP contribution >= 0.6 is 0 Å². The molecule has 1 aliphatic rings. The standard InChI is InChI=1S/C22H21N3O5/c1-13-19(23-22(28)29)20(30-24-13)16-6-4-14(5-7-16)15-8-10-17(11-9-15)25-12-2-3-18(25)21(26)27/h4-11,18,23H,2-3,12H2,1H3,(H,26,27)(H,28,29). The first kappa shape index (κ1) is 19.5. The van der Waals surface area contributed by atoms with Crippen LogP contribution in [0.1, 0.15) is 18.5 Å². The molecule has 1 unspecified atom stereocenters. The monoisotopic (exact) mass is 407 g/mol. The highest BCUT2D eigenvalue weighted by atomic mass is 16.5. The highest BCUT2D eigenvalue weighted by Crippen LogP contribution is 2.33. The normalized spacial score (nSPS) is 15.9. The van der Waals surface area contributed by atoms with Gasteiger partial charge in [-0.05, 0) is 43.0 Å². The van der Waals surface area contributed by atoms with Crippen molar-refractivity contribution < 1.29 is 24.3 Å². The Morgan fingerprint density at radius 3 is 2.23 bits per heavy atom. The minimum Gasteiger partial charge on any atom is -0.480 e. The molecule has 3 N–H and O–H groups in total. The lowest BCUT2D eigenvalue weighted by atomic mass is 10.0. The first-order valence-electron chi connectivity index (χ1n) is 9.60. The largest absolute Gasteiger partial charge is 0.480 e. The van der Waals surface area contributed by atoms with E-state index in [-0.39, 0.29) is 0 Å². The van der Waals surface area contributed by atoms with E-state index in [0.717, 1.165) is 29.8 Å². The number of aryl methyl sites for hydroxylation is 1. The molecule has 2 heterocycles. The molecule has 30 heavy (non-hydrogen) atoms. The molecule has 1 amide bonds. The number of hydrogen-bond acceptors (Lipinski definition) is 5. The van der Waals surface area contributed by atoms with Crippen LogP contribution in [0.25, 0.3) is 22.5 Å². The number of nitrogens with zero attached hydrogens (tertiary/aromatic N) is 2. The molecule has 8 heteroatoms. The summed E-state index contributed by atoms with van der Waals surface area (Å²) in [5.41, 5.74) is 4.38. The second kappa shape index (κ2) is 7.90. The highest BCUT2D eigenvalue weighted by Gasteiger charge is 2.30. The molecule has 1 aromatic heterocycles. The summed E-state index contributed by atoms with van der Waals surface area (Å²) in [7, 11) is 0. The lowest BCUT2D eigenvalue weighted by Crippen LogP contribution is -2.35. The van der Waals surface area contributed by atoms with Gasteiger partial charge in [-0.15, -0.1) is 0 Å². The van der Waals surface area contributed by atoms with Crippen molar-refractivity contribution in [1.29, 1.82) is 0 Å². The van der Waals surface area contributed by atoms with Gasteiger partial charge in [0.1, 0.15) is 17.4 Å². The first-order valence-corrected chi connectivity index (χ1v) is 9.60. The molecule has 8 nitrogen and oxygen atoms in total. The average Bonchev–Trinajstić information content (AvgIpc) is 3.36. The van der Waals surface area contributed by atoms with Crippen molar-refractivity contribution in [3.05, 3.63) is 54.2 Å². The fraction of sp³-hybridized carbons (Fsp3) is 0.227. The van der Waals surface area contributed by atoms with Crippen molar-refractivity contribution in [1.82, 2.24) is 5.16 Å². The van der Waals surface area contributed by atoms with E-state index in [1.165, 1.54) is 0 Å². The summed E-state index contributed by atoms with van der Waals surface area (Å²) in [5, 5.41) is 24.6. The van der Waals surface area contributed by atoms with Crippen LogP contribution in [0.15, 0.2) is 53.1 Å². The zero-order valence-corrected chi connectivity index (χ0v) is 16.3. The maximum Gasteiger partial charge on any atom is 0.409 e. The Morgan fingerprint density at radius 1 is 1.03 bits per heavy atom. The van der Waals surface area contributed by atoms with Crippen LogP contribution in [0.3, 0.4) is 0 Å². The Labute approximate surface area is 172 Å². The van der Waals surface area contributed by atoms with Gasteiger partial charge in [0.05, 0.1) is 0 Å². The molecule has 0 aliphatic carbocycles. The van der Waals surface area contributed by atoms with Crippen LogP contribution in [-0.4, -0.2) is 40.0 Å². The van der Waals surface area contributed by atoms with Crippen molar-refractivity contribution in [2.75, 3.05) is 16.8 Å². The molecule has 1 aliphatic heterocycles. The maximum atomic E-state index is 11.4. The molecular weight excluding hydrogens is 386 g/mol. The van der Waals surface area contributed by atoms with Gasteiger partial charge in [-0.1, -0.05) is 41.6 Å². The molecule has 0 bridgehead atoms. The fourth-order valence-corrected chi connectivity index (χ4v) is 3.81. The number of benzene rings is 2. The van der Waals surface area contributed by atoms with Gasteiger partial charge in [0.2, 0.25) is 0 Å². The van der Waals surface area contributed by atoms with Gasteiger partial charge in [0.25, 0.3) is 0 Å². The Balaban J connectivity index is 1.55. The fourth-order valence-electron chi connectivity index (χ4n) is 3.81. The second-order valence-electron chi connectivity index (χ2n) is 7.22. The van der Waals surface area contributed by atoms with Gasteiger partial charge < -0.3 is 19.6 Å². The minimum absolute atomic E-state index is 0.332. The lowest BCUT2D eigenvalue weighted by Gasteiger charge is -2.23. The lowest BCUT2D eigenvalue weighted by molar-refractivity contribution is -0.138. The molecule has 154 valence electrons. The van der Waals surface area contributed by atoms with Gasteiger partial charge in [-0.2, -0.15) is 0 Å². The van der Waals surface area contributed by atoms with E-state index >= 15 is 0 Å². The number of rotatable bonds is 5. The molecule has 0 radical (unpaired) electrons. The van der Waals surface area contributed by atoms with Crippen LogP contribution < -0.4 is 10.2 Å². The first-order chi connectivity index (χ1) is 14.4. The number of nitrogens with one attached hydrogen (secondary N) is 1. The molecular formula is C22H21N3O5. The summed E-state index contributed by atoms with van der Waals surface area (Å²) >= 11 is 0. The minimum atomic E-state index is -1.18. The maximum absolute atomic E-state index is 11.4. The highest BCUT2D eigenvalue weighted by molar-refractivity contribution is 5.89. The molecule has 1 saturated heterocycles. The smallest absolute Gasteiger partial charge is 0.409 e. The quantitative estimate of drug-likeness (QED) is 0.572. The molecule has 0 spiro atoms. The Bertz CT molecular complexity index is 1070. The molecule has 3 aromatic rings. The van der Waals surface area contributed by atoms with Gasteiger partial charge in [0.15, 0.2) is 5.76 Å². The molecule has 0 saturated carbocycles. The molecule has 4 rings (SSSR count). The van der Waals surface area contributed by atoms with E-state index in [1.54, 1.807) is 6.92 Å². The summed E-state index contributed by atoms with van der Waals surface area (Å²) < 4.78 is 5.30. The summed E-state index contributed by atoms with van der Waals surface area (Å²) in [6.07, 6.45) is 0.362. The Hall–Kier alpha value is -3.81. The van der Waals surface area contributed by atoms with Crippen LogP contribution in [0.4, 0.5) is 16.2 Å². The zero-order valence-electron chi connectivity index (χ0n) is 16.3. The summed E-state index contributed by atoms with van der Waals surface area (Å²) in [6.45, 7) is 2.41. The van der Waals surface area contributed by atoms with Gasteiger partial charge in [-0.3, -0.25) is 5.32 Å². The van der Waals surface area contributed by atoms with Crippen molar-refractivity contribution in [2.45, 2.75) is 25.8 Å². The number of aromatic nitrogens is 1. The van der Waals surface area contributed by atoms with Gasteiger partial charge >= 0.3 is 12.1 Å². The summed E-state index contributed by atoms with van der Waals surface area (Å²) in [4.78, 5) is 24.4. The third-order valence-corrected chi connectivity index (χ3v) is 5.31. The molecule has 2 aromatic carbocycles. The van der Waals surface area contributed by atoms with Crippen LogP contribution in [-0.2, 0) is 4.79 Å². The number of carbonyl (C=O) groups is 2. The van der Waals surface area contributed by atoms with E-state index in [9.17, 15) is 14.7 Å². The van der Waals surface area contributed by atoms with E-state index < -0.39 is 18.1 Å². The SMILES string of the molecule is Cc1noc(-c2ccc(-c3ccc(N4CCCC4C(=O)O)cc3)cc2)c1NC(=O)O. The summed E-state index contributed by atoms with van der Waals surface area (Å²) in [6, 6.07) is 14.9. The number of carboxylic acid groups (broad SMARTS) is 2. The second-order valence-corrected chi connectivity index (χ2v) is 7.22. The zero-order chi connectivity index (χ0) is 21.3. The van der Waals surface area contributed by atoms with E-state index in [4.69, 9.17) is 9.63 Å². The van der Waals surface area contributed by atoms with Gasteiger partial charge in [0, 0.05) is 17.8 Å². The number of carboxylic acids is 1. The van der Waals surface area contributed by atoms with Gasteiger partial charge in [-0.25, -0.2) is 9.59 Å². The number of amides is 1. The van der Waals surface area contributed by atoms with E-state index in [0.29, 0.717) is 29.1 Å². The third kappa shape index (κ3) is 3.71. The molecule has 1 fully saturated rings. The Morgan fingerprint density at radius 2 is 1.63 bits per heavy atom. The predicted molar refractivity (Wildman–Crippen MR) is 112 cm³/mol. The third-order valence-electron chi connectivity index (χ3n) is 5.31. The predicted octanol–water partition coefficient (Wildman–Crippen LogP) is 4.46. The summed E-state index contributed by atoms with van der Waals surface area (Å²) in [5.74, 6) is -0.419. The van der Waals surface area contributed by atoms with Crippen molar-refractivity contribution in [3.63, 3.8) is 0 Å². The van der Waals surface area contributed by atoms with E-state index in [1.807, 2.05) is 53.4 Å². The number of hydrogen-bond donors (Lipinski definition) is 3. The number of aliphatic carboxylic acids is 1. The van der Waals surface area contributed by atoms with Crippen LogP contribution in [0.2, 0.25) is 0 Å². The van der Waals surface area contributed by atoms with Crippen molar-refractivity contribution >= 4 is 23.4 Å².